The summed E-state index contributed by atoms with van der Waals surface area (Å²) in [5.74, 6) is 3.01. The van der Waals surface area contributed by atoms with Gasteiger partial charge in [0.25, 0.3) is 0 Å². The number of hydrogen-bond acceptors (Lipinski definition) is 0. The summed E-state index contributed by atoms with van der Waals surface area (Å²) >= 11 is 0. The third-order valence-electron chi connectivity index (χ3n) is 4.32. The Morgan fingerprint density at radius 3 is 2.33 bits per heavy atom. The zero-order valence-corrected chi connectivity index (χ0v) is 9.36. The molecule has 2 aliphatic rings. The van der Waals surface area contributed by atoms with Crippen LogP contribution in [0.2, 0.25) is 0 Å². The molecule has 0 aromatic heterocycles. The molecule has 15 heavy (non-hydrogen) atoms. The van der Waals surface area contributed by atoms with Gasteiger partial charge in [0.1, 0.15) is 0 Å². The van der Waals surface area contributed by atoms with Crippen LogP contribution in [0.3, 0.4) is 0 Å². The summed E-state index contributed by atoms with van der Waals surface area (Å²) in [5.41, 5.74) is 1.59. The average Bonchev–Trinajstić information content (AvgIpc) is 3.11. The predicted octanol–water partition coefficient (Wildman–Crippen LogP) is 4.37. The Kier molecular flexibility index (Phi) is 2.52. The molecule has 3 rings (SSSR count). The Morgan fingerprint density at radius 1 is 0.867 bits per heavy atom. The molecule has 0 amide bonds. The summed E-state index contributed by atoms with van der Waals surface area (Å²) < 4.78 is 0. The third kappa shape index (κ3) is 1.95. The number of rotatable bonds is 2. The summed E-state index contributed by atoms with van der Waals surface area (Å²) in [4.78, 5) is 0. The molecule has 0 heterocycles. The second kappa shape index (κ2) is 4.00. The van der Waals surface area contributed by atoms with Crippen molar-refractivity contribution < 1.29 is 0 Å². The van der Waals surface area contributed by atoms with Crippen molar-refractivity contribution in [1.29, 1.82) is 0 Å². The van der Waals surface area contributed by atoms with E-state index in [4.69, 9.17) is 0 Å². The van der Waals surface area contributed by atoms with Gasteiger partial charge in [-0.2, -0.15) is 0 Å². The molecule has 80 valence electrons. The number of hydrogen-bond donors (Lipinski definition) is 0. The normalized spacial score (nSPS) is 31.5. The van der Waals surface area contributed by atoms with Gasteiger partial charge in [-0.25, -0.2) is 0 Å². The van der Waals surface area contributed by atoms with Crippen LogP contribution in [0.15, 0.2) is 30.3 Å². The van der Waals surface area contributed by atoms with Crippen molar-refractivity contribution in [2.45, 2.75) is 44.4 Å². The summed E-state index contributed by atoms with van der Waals surface area (Å²) in [7, 11) is 0. The van der Waals surface area contributed by atoms with E-state index in [0.717, 1.165) is 17.8 Å². The van der Waals surface area contributed by atoms with E-state index < -0.39 is 0 Å². The quantitative estimate of drug-likeness (QED) is 0.665. The minimum atomic E-state index is 0.911. The molecule has 2 atom stereocenters. The zero-order valence-electron chi connectivity index (χ0n) is 9.36. The van der Waals surface area contributed by atoms with Crippen molar-refractivity contribution >= 4 is 0 Å². The van der Waals surface area contributed by atoms with Crippen LogP contribution in [0, 0.1) is 11.8 Å². The summed E-state index contributed by atoms with van der Waals surface area (Å²) in [5, 5.41) is 0. The maximum Gasteiger partial charge on any atom is -0.0128 e. The van der Waals surface area contributed by atoms with Crippen LogP contribution in [-0.4, -0.2) is 0 Å². The van der Waals surface area contributed by atoms with Gasteiger partial charge in [-0.1, -0.05) is 62.4 Å². The molecule has 0 nitrogen and oxygen atoms in total. The molecule has 1 aromatic rings. The first-order chi connectivity index (χ1) is 7.45. The Balaban J connectivity index is 1.64. The van der Waals surface area contributed by atoms with Gasteiger partial charge in [0.2, 0.25) is 0 Å². The van der Waals surface area contributed by atoms with Gasteiger partial charge in [0, 0.05) is 0 Å². The SMILES string of the molecule is c1ccc([C@H]2C[C@@H]2C2CCCCC2)cc1. The van der Waals surface area contributed by atoms with E-state index in [1.54, 1.807) is 5.56 Å². The van der Waals surface area contributed by atoms with E-state index in [2.05, 4.69) is 30.3 Å². The van der Waals surface area contributed by atoms with Crippen LogP contribution in [0.1, 0.15) is 50.0 Å². The van der Waals surface area contributed by atoms with Crippen LogP contribution in [-0.2, 0) is 0 Å². The lowest BCUT2D eigenvalue weighted by molar-refractivity contribution is 0.318. The van der Waals surface area contributed by atoms with E-state index in [1.165, 1.54) is 38.5 Å². The highest BCUT2D eigenvalue weighted by Gasteiger charge is 2.43. The molecule has 0 radical (unpaired) electrons. The van der Waals surface area contributed by atoms with Crippen molar-refractivity contribution in [2.75, 3.05) is 0 Å². The maximum atomic E-state index is 2.31. The second-order valence-corrected chi connectivity index (χ2v) is 5.31. The molecule has 0 aliphatic heterocycles. The fraction of sp³-hybridized carbons (Fsp3) is 0.600. The molecule has 0 N–H and O–H groups in total. The van der Waals surface area contributed by atoms with Crippen molar-refractivity contribution in [3.05, 3.63) is 35.9 Å². The van der Waals surface area contributed by atoms with Crippen LogP contribution in [0.25, 0.3) is 0 Å². The fourth-order valence-electron chi connectivity index (χ4n) is 3.38. The maximum absolute atomic E-state index is 2.31. The van der Waals surface area contributed by atoms with Crippen molar-refractivity contribution in [1.82, 2.24) is 0 Å². The Hall–Kier alpha value is -0.780. The van der Waals surface area contributed by atoms with Gasteiger partial charge in [0.15, 0.2) is 0 Å². The Morgan fingerprint density at radius 2 is 1.60 bits per heavy atom. The lowest BCUT2D eigenvalue weighted by atomic mass is 9.84. The zero-order chi connectivity index (χ0) is 10.1. The molecule has 1 aromatic carbocycles. The first-order valence-electron chi connectivity index (χ1n) is 6.50. The topological polar surface area (TPSA) is 0 Å². The van der Waals surface area contributed by atoms with Crippen molar-refractivity contribution in [2.24, 2.45) is 11.8 Å². The van der Waals surface area contributed by atoms with Crippen LogP contribution in [0.5, 0.6) is 0 Å². The van der Waals surface area contributed by atoms with Gasteiger partial charge in [-0.05, 0) is 29.7 Å². The molecule has 0 unspecified atom stereocenters. The van der Waals surface area contributed by atoms with Crippen LogP contribution < -0.4 is 0 Å². The average molecular weight is 200 g/mol. The molecule has 0 heteroatoms. The van der Waals surface area contributed by atoms with Crippen molar-refractivity contribution in [3.8, 4) is 0 Å². The lowest BCUT2D eigenvalue weighted by Crippen LogP contribution is -2.09. The summed E-state index contributed by atoms with van der Waals surface area (Å²) in [6.07, 6.45) is 8.95. The first kappa shape index (κ1) is 9.45. The molecule has 2 saturated carbocycles. The summed E-state index contributed by atoms with van der Waals surface area (Å²) in [6, 6.07) is 11.1. The molecular formula is C15H20. The minimum Gasteiger partial charge on any atom is -0.0622 e. The first-order valence-corrected chi connectivity index (χ1v) is 6.50. The standard InChI is InChI=1S/C15H20/c1-3-7-12(8-4-1)14-11-15(14)13-9-5-2-6-10-13/h1,3-4,7-8,13-15H,2,5-6,9-11H2/t14-,15-/m1/s1. The van der Waals surface area contributed by atoms with E-state index in [1.807, 2.05) is 0 Å². The molecule has 0 saturated heterocycles. The van der Waals surface area contributed by atoms with Crippen LogP contribution >= 0.6 is 0 Å². The number of benzene rings is 1. The lowest BCUT2D eigenvalue weighted by Gasteiger charge is -2.21. The molecule has 2 fully saturated rings. The Labute approximate surface area is 92.7 Å². The molecule has 2 aliphatic carbocycles. The highest BCUT2D eigenvalue weighted by atomic mass is 14.5. The van der Waals surface area contributed by atoms with Gasteiger partial charge in [0.05, 0.1) is 0 Å². The third-order valence-corrected chi connectivity index (χ3v) is 4.32. The van der Waals surface area contributed by atoms with E-state index >= 15 is 0 Å². The largest absolute Gasteiger partial charge is 0.0622 e. The second-order valence-electron chi connectivity index (χ2n) is 5.31. The van der Waals surface area contributed by atoms with Gasteiger partial charge >= 0.3 is 0 Å². The van der Waals surface area contributed by atoms with Crippen LogP contribution in [0.4, 0.5) is 0 Å². The predicted molar refractivity (Wildman–Crippen MR) is 63.9 cm³/mol. The molecular weight excluding hydrogens is 180 g/mol. The van der Waals surface area contributed by atoms with E-state index in [-0.39, 0.29) is 0 Å². The van der Waals surface area contributed by atoms with E-state index in [9.17, 15) is 0 Å². The van der Waals surface area contributed by atoms with Gasteiger partial charge in [-0.15, -0.1) is 0 Å². The monoisotopic (exact) mass is 200 g/mol. The smallest absolute Gasteiger partial charge is 0.0128 e. The highest BCUT2D eigenvalue weighted by Crippen LogP contribution is 2.55. The summed E-state index contributed by atoms with van der Waals surface area (Å²) in [6.45, 7) is 0. The van der Waals surface area contributed by atoms with E-state index in [0.29, 0.717) is 0 Å². The minimum absolute atomic E-state index is 0.911. The highest BCUT2D eigenvalue weighted by molar-refractivity contribution is 5.26. The molecule has 0 spiro atoms. The Bertz CT molecular complexity index is 308. The van der Waals surface area contributed by atoms with Gasteiger partial charge < -0.3 is 0 Å². The molecule has 0 bridgehead atoms. The van der Waals surface area contributed by atoms with Crippen molar-refractivity contribution in [3.63, 3.8) is 0 Å². The van der Waals surface area contributed by atoms with Gasteiger partial charge in [-0.3, -0.25) is 0 Å². The fourth-order valence-corrected chi connectivity index (χ4v) is 3.38.